The fourth-order valence-electron chi connectivity index (χ4n) is 2.39. The van der Waals surface area contributed by atoms with Gasteiger partial charge in [-0.1, -0.05) is 32.0 Å². The summed E-state index contributed by atoms with van der Waals surface area (Å²) in [6.45, 7) is 5.28. The summed E-state index contributed by atoms with van der Waals surface area (Å²) >= 11 is 5.12. The number of rotatable bonds is 8. The number of benzene rings is 2. The van der Waals surface area contributed by atoms with Crippen LogP contribution < -0.4 is 20.1 Å². The number of amides is 1. The van der Waals surface area contributed by atoms with Gasteiger partial charge in [-0.3, -0.25) is 10.1 Å². The van der Waals surface area contributed by atoms with E-state index in [-0.39, 0.29) is 10.7 Å². The summed E-state index contributed by atoms with van der Waals surface area (Å²) in [6, 6.07) is 11.3. The fraction of sp³-hybridized carbons (Fsp3) is 0.333. The van der Waals surface area contributed by atoms with Crippen LogP contribution in [-0.4, -0.2) is 24.7 Å². The van der Waals surface area contributed by atoms with E-state index in [1.807, 2.05) is 18.2 Å². The van der Waals surface area contributed by atoms with Crippen molar-refractivity contribution in [3.63, 3.8) is 0 Å². The summed E-state index contributed by atoms with van der Waals surface area (Å²) in [5, 5.41) is 5.52. The standard InChI is InChI=1S/C21H25FN2O3S/c1-14(2)10-11-27-18-9-8-15(12-19(18)26-3)13-23-21(28)24-20(25)16-6-4-5-7-17(16)22/h4-9,12,14H,10-11,13H2,1-3H3,(H2,23,24,25,28). The number of methoxy groups -OCH3 is 1. The van der Waals surface area contributed by atoms with Gasteiger partial charge in [-0.15, -0.1) is 0 Å². The molecule has 150 valence electrons. The van der Waals surface area contributed by atoms with E-state index in [0.717, 1.165) is 12.0 Å². The minimum absolute atomic E-state index is 0.0591. The predicted octanol–water partition coefficient (Wildman–Crippen LogP) is 4.06. The van der Waals surface area contributed by atoms with Gasteiger partial charge in [0.25, 0.3) is 5.91 Å². The van der Waals surface area contributed by atoms with Crippen molar-refractivity contribution in [3.05, 3.63) is 59.4 Å². The second kappa shape index (κ2) is 10.6. The number of halogens is 1. The maximum Gasteiger partial charge on any atom is 0.260 e. The number of hydrogen-bond donors (Lipinski definition) is 2. The SMILES string of the molecule is COc1cc(CNC(=S)NC(=O)c2ccccc2F)ccc1OCCC(C)C. The van der Waals surface area contributed by atoms with Gasteiger partial charge < -0.3 is 14.8 Å². The first-order chi connectivity index (χ1) is 13.4. The summed E-state index contributed by atoms with van der Waals surface area (Å²) in [6.07, 6.45) is 0.961. The smallest absolute Gasteiger partial charge is 0.260 e. The van der Waals surface area contributed by atoms with Gasteiger partial charge >= 0.3 is 0 Å². The molecule has 0 saturated heterocycles. The lowest BCUT2D eigenvalue weighted by molar-refractivity contribution is 0.0972. The van der Waals surface area contributed by atoms with Crippen molar-refractivity contribution in [3.8, 4) is 11.5 Å². The highest BCUT2D eigenvalue weighted by Gasteiger charge is 2.12. The Morgan fingerprint density at radius 2 is 1.93 bits per heavy atom. The molecule has 2 aromatic carbocycles. The monoisotopic (exact) mass is 404 g/mol. The van der Waals surface area contributed by atoms with E-state index in [9.17, 15) is 9.18 Å². The Hall–Kier alpha value is -2.67. The van der Waals surface area contributed by atoms with Gasteiger partial charge in [0.05, 0.1) is 19.3 Å². The van der Waals surface area contributed by atoms with Crippen LogP contribution in [0.5, 0.6) is 11.5 Å². The Morgan fingerprint density at radius 1 is 1.18 bits per heavy atom. The van der Waals surface area contributed by atoms with E-state index in [1.54, 1.807) is 13.2 Å². The highest BCUT2D eigenvalue weighted by Crippen LogP contribution is 2.28. The van der Waals surface area contributed by atoms with Gasteiger partial charge in [0.2, 0.25) is 0 Å². The molecule has 0 aromatic heterocycles. The molecule has 0 aliphatic rings. The summed E-state index contributed by atoms with van der Waals surface area (Å²) in [5.74, 6) is 0.685. The van der Waals surface area contributed by atoms with Gasteiger partial charge in [-0.25, -0.2) is 4.39 Å². The molecule has 0 saturated carbocycles. The van der Waals surface area contributed by atoms with Crippen LogP contribution in [-0.2, 0) is 6.54 Å². The zero-order valence-corrected chi connectivity index (χ0v) is 17.1. The lowest BCUT2D eigenvalue weighted by Gasteiger charge is -2.14. The molecule has 0 spiro atoms. The Bertz CT molecular complexity index is 827. The predicted molar refractivity (Wildman–Crippen MR) is 111 cm³/mol. The van der Waals surface area contributed by atoms with Crippen molar-refractivity contribution in [2.45, 2.75) is 26.8 Å². The van der Waals surface area contributed by atoms with Crippen molar-refractivity contribution in [2.24, 2.45) is 5.92 Å². The van der Waals surface area contributed by atoms with E-state index < -0.39 is 11.7 Å². The van der Waals surface area contributed by atoms with E-state index in [2.05, 4.69) is 24.5 Å². The first-order valence-corrected chi connectivity index (χ1v) is 9.45. The molecule has 0 radical (unpaired) electrons. The lowest BCUT2D eigenvalue weighted by Crippen LogP contribution is -2.39. The average molecular weight is 405 g/mol. The molecule has 0 unspecified atom stereocenters. The van der Waals surface area contributed by atoms with Crippen molar-refractivity contribution >= 4 is 23.2 Å². The second-order valence-electron chi connectivity index (χ2n) is 6.63. The van der Waals surface area contributed by atoms with E-state index in [1.165, 1.54) is 18.2 Å². The molecular formula is C21H25FN2O3S. The number of ether oxygens (including phenoxy) is 2. The normalized spacial score (nSPS) is 10.5. The topological polar surface area (TPSA) is 59.6 Å². The minimum atomic E-state index is -0.597. The maximum atomic E-state index is 13.6. The zero-order valence-electron chi connectivity index (χ0n) is 16.3. The highest BCUT2D eigenvalue weighted by molar-refractivity contribution is 7.80. The number of hydrogen-bond acceptors (Lipinski definition) is 4. The molecule has 0 atom stereocenters. The molecule has 2 aromatic rings. The van der Waals surface area contributed by atoms with E-state index in [0.29, 0.717) is 30.6 Å². The largest absolute Gasteiger partial charge is 0.493 e. The minimum Gasteiger partial charge on any atom is -0.493 e. The molecule has 0 bridgehead atoms. The summed E-state index contributed by atoms with van der Waals surface area (Å²) < 4.78 is 24.8. The number of carbonyl (C=O) groups excluding carboxylic acids is 1. The fourth-order valence-corrected chi connectivity index (χ4v) is 2.55. The Labute approximate surface area is 170 Å². The van der Waals surface area contributed by atoms with Crippen LogP contribution in [0.4, 0.5) is 4.39 Å². The first-order valence-electron chi connectivity index (χ1n) is 9.04. The number of carbonyl (C=O) groups is 1. The van der Waals surface area contributed by atoms with Gasteiger partial charge in [0, 0.05) is 6.54 Å². The molecule has 0 fully saturated rings. The van der Waals surface area contributed by atoms with Crippen molar-refractivity contribution in [1.29, 1.82) is 0 Å². The Morgan fingerprint density at radius 3 is 2.61 bits per heavy atom. The van der Waals surface area contributed by atoms with Crippen molar-refractivity contribution in [1.82, 2.24) is 10.6 Å². The van der Waals surface area contributed by atoms with Gasteiger partial charge in [-0.05, 0) is 54.4 Å². The van der Waals surface area contributed by atoms with Crippen LogP contribution >= 0.6 is 12.2 Å². The molecule has 28 heavy (non-hydrogen) atoms. The van der Waals surface area contributed by atoms with E-state index >= 15 is 0 Å². The van der Waals surface area contributed by atoms with Crippen molar-refractivity contribution < 1.29 is 18.7 Å². The molecule has 2 rings (SSSR count). The summed E-state index contributed by atoms with van der Waals surface area (Å²) in [4.78, 5) is 12.1. The molecule has 0 aliphatic heterocycles. The third-order valence-corrected chi connectivity index (χ3v) is 4.23. The molecule has 0 heterocycles. The van der Waals surface area contributed by atoms with Crippen LogP contribution in [0.3, 0.4) is 0 Å². The quantitative estimate of drug-likeness (QED) is 0.650. The van der Waals surface area contributed by atoms with Gasteiger partial charge in [-0.2, -0.15) is 0 Å². The molecule has 5 nitrogen and oxygen atoms in total. The third kappa shape index (κ3) is 6.49. The average Bonchev–Trinajstić information content (AvgIpc) is 2.67. The maximum absolute atomic E-state index is 13.6. The molecule has 2 N–H and O–H groups in total. The molecule has 0 aliphatic carbocycles. The number of nitrogens with one attached hydrogen (secondary N) is 2. The van der Waals surface area contributed by atoms with Crippen LogP contribution in [0.1, 0.15) is 36.2 Å². The Kier molecular flexibility index (Phi) is 8.19. The zero-order chi connectivity index (χ0) is 20.5. The summed E-state index contributed by atoms with van der Waals surface area (Å²) in [5.41, 5.74) is 0.840. The molecular weight excluding hydrogens is 379 g/mol. The van der Waals surface area contributed by atoms with Crippen LogP contribution in [0.25, 0.3) is 0 Å². The lowest BCUT2D eigenvalue weighted by atomic mass is 10.1. The van der Waals surface area contributed by atoms with Crippen molar-refractivity contribution in [2.75, 3.05) is 13.7 Å². The van der Waals surface area contributed by atoms with Gasteiger partial charge in [0.15, 0.2) is 16.6 Å². The molecule has 1 amide bonds. The molecule has 7 heteroatoms. The summed E-state index contributed by atoms with van der Waals surface area (Å²) in [7, 11) is 1.58. The van der Waals surface area contributed by atoms with E-state index in [4.69, 9.17) is 21.7 Å². The van der Waals surface area contributed by atoms with Crippen LogP contribution in [0.15, 0.2) is 42.5 Å². The van der Waals surface area contributed by atoms with Gasteiger partial charge in [0.1, 0.15) is 5.82 Å². The first kappa shape index (κ1) is 21.6. The second-order valence-corrected chi connectivity index (χ2v) is 7.04. The van der Waals surface area contributed by atoms with Crippen LogP contribution in [0, 0.1) is 11.7 Å². The highest BCUT2D eigenvalue weighted by atomic mass is 32.1. The Balaban J connectivity index is 1.90. The third-order valence-electron chi connectivity index (χ3n) is 3.98. The number of thiocarbonyl (C=S) groups is 1. The van der Waals surface area contributed by atoms with Crippen LogP contribution in [0.2, 0.25) is 0 Å².